The number of aliphatic hydroxyl groups is 2. The molecule has 4 atom stereocenters. The summed E-state index contributed by atoms with van der Waals surface area (Å²) in [5, 5.41) is 20.1. The van der Waals surface area contributed by atoms with Gasteiger partial charge in [-0.15, -0.1) is 0 Å². The fourth-order valence-electron chi connectivity index (χ4n) is 3.38. The molecule has 2 aliphatic carbocycles. The summed E-state index contributed by atoms with van der Waals surface area (Å²) in [6.45, 7) is 0. The maximum absolute atomic E-state index is 10.0. The van der Waals surface area contributed by atoms with E-state index in [0.29, 0.717) is 0 Å². The number of aliphatic hydroxyl groups excluding tert-OH is 2. The molecule has 2 saturated carbocycles. The first-order chi connectivity index (χ1) is 7.70. The number of rotatable bonds is 2. The van der Waals surface area contributed by atoms with Crippen molar-refractivity contribution >= 4 is 0 Å². The second kappa shape index (κ2) is 5.48. The molecule has 0 aromatic rings. The van der Waals surface area contributed by atoms with Gasteiger partial charge in [-0.25, -0.2) is 0 Å². The zero-order valence-corrected chi connectivity index (χ0v) is 10.3. The highest BCUT2D eigenvalue weighted by Gasteiger charge is 2.34. The van der Waals surface area contributed by atoms with Gasteiger partial charge in [0, 0.05) is 12.1 Å². The molecule has 2 fully saturated rings. The second-order valence-corrected chi connectivity index (χ2v) is 5.50. The van der Waals surface area contributed by atoms with E-state index in [1.54, 1.807) is 0 Å². The van der Waals surface area contributed by atoms with Crippen LogP contribution in [0.4, 0.5) is 0 Å². The van der Waals surface area contributed by atoms with Crippen LogP contribution in [0.1, 0.15) is 51.4 Å². The highest BCUT2D eigenvalue weighted by molar-refractivity contribution is 4.89. The summed E-state index contributed by atoms with van der Waals surface area (Å²) in [6, 6.07) is 0.540. The van der Waals surface area contributed by atoms with E-state index >= 15 is 0 Å². The molecule has 0 aliphatic heterocycles. The molecule has 0 aromatic carbocycles. The van der Waals surface area contributed by atoms with Crippen LogP contribution in [0, 0.1) is 0 Å². The first kappa shape index (κ1) is 12.3. The zero-order chi connectivity index (χ0) is 11.5. The van der Waals surface area contributed by atoms with Gasteiger partial charge in [0.25, 0.3) is 0 Å². The van der Waals surface area contributed by atoms with Gasteiger partial charge >= 0.3 is 0 Å². The van der Waals surface area contributed by atoms with E-state index in [4.69, 9.17) is 0 Å². The third-order valence-electron chi connectivity index (χ3n) is 4.43. The molecule has 2 rings (SSSR count). The molecule has 0 bridgehead atoms. The number of nitrogens with zero attached hydrogens (tertiary/aromatic N) is 1. The Morgan fingerprint density at radius 1 is 0.750 bits per heavy atom. The average molecular weight is 227 g/mol. The largest absolute Gasteiger partial charge is 0.391 e. The Balaban J connectivity index is 1.96. The van der Waals surface area contributed by atoms with Crippen LogP contribution in [0.15, 0.2) is 0 Å². The highest BCUT2D eigenvalue weighted by atomic mass is 16.3. The Kier molecular flexibility index (Phi) is 4.22. The lowest BCUT2D eigenvalue weighted by Gasteiger charge is -2.43. The fraction of sp³-hybridized carbons (Fsp3) is 1.00. The highest BCUT2D eigenvalue weighted by Crippen LogP contribution is 2.29. The van der Waals surface area contributed by atoms with Crippen LogP contribution < -0.4 is 0 Å². The molecule has 0 aromatic heterocycles. The average Bonchev–Trinajstić information content (AvgIpc) is 2.29. The van der Waals surface area contributed by atoms with Crippen LogP contribution >= 0.6 is 0 Å². The number of hydrogen-bond acceptors (Lipinski definition) is 3. The van der Waals surface area contributed by atoms with E-state index in [0.717, 1.165) is 38.5 Å². The Morgan fingerprint density at radius 2 is 1.12 bits per heavy atom. The zero-order valence-electron chi connectivity index (χ0n) is 10.3. The van der Waals surface area contributed by atoms with Crippen molar-refractivity contribution in [2.75, 3.05) is 7.05 Å². The molecule has 2 aliphatic rings. The van der Waals surface area contributed by atoms with Crippen molar-refractivity contribution in [2.45, 2.75) is 75.7 Å². The van der Waals surface area contributed by atoms with E-state index in [-0.39, 0.29) is 24.3 Å². The number of hydrogen-bond donors (Lipinski definition) is 2. The Morgan fingerprint density at radius 3 is 1.50 bits per heavy atom. The summed E-state index contributed by atoms with van der Waals surface area (Å²) in [5.41, 5.74) is 0. The fourth-order valence-corrected chi connectivity index (χ4v) is 3.38. The van der Waals surface area contributed by atoms with Crippen LogP contribution in [-0.2, 0) is 0 Å². The van der Waals surface area contributed by atoms with Gasteiger partial charge < -0.3 is 10.2 Å². The van der Waals surface area contributed by atoms with E-state index in [9.17, 15) is 10.2 Å². The van der Waals surface area contributed by atoms with Crippen LogP contribution in [0.2, 0.25) is 0 Å². The van der Waals surface area contributed by atoms with Gasteiger partial charge in [0.15, 0.2) is 0 Å². The lowest BCUT2D eigenvalue weighted by atomic mass is 9.86. The van der Waals surface area contributed by atoms with Crippen molar-refractivity contribution in [3.8, 4) is 0 Å². The molecule has 2 N–H and O–H groups in total. The van der Waals surface area contributed by atoms with Crippen LogP contribution in [0.5, 0.6) is 0 Å². The third-order valence-corrected chi connectivity index (χ3v) is 4.43. The van der Waals surface area contributed by atoms with Crippen molar-refractivity contribution in [3.63, 3.8) is 0 Å². The molecule has 94 valence electrons. The SMILES string of the molecule is CN([C@@H]1CCCC[C@@H]1O)[C@@H]1CCCC[C@@H]1O. The van der Waals surface area contributed by atoms with Crippen molar-refractivity contribution in [3.05, 3.63) is 0 Å². The quantitative estimate of drug-likeness (QED) is 0.752. The van der Waals surface area contributed by atoms with Gasteiger partial charge in [0.05, 0.1) is 12.2 Å². The third kappa shape index (κ3) is 2.58. The van der Waals surface area contributed by atoms with Crippen LogP contribution in [0.25, 0.3) is 0 Å². The standard InChI is InChI=1S/C13H25NO2/c1-14(10-6-2-4-8-12(10)15)11-7-3-5-9-13(11)16/h10-13,15-16H,2-9H2,1H3/t10-,11-,12+,13+/m1/s1. The topological polar surface area (TPSA) is 43.7 Å². The van der Waals surface area contributed by atoms with Gasteiger partial charge in [-0.2, -0.15) is 0 Å². The molecular weight excluding hydrogens is 202 g/mol. The first-order valence-electron chi connectivity index (χ1n) is 6.78. The molecule has 0 amide bonds. The Labute approximate surface area is 98.5 Å². The van der Waals surface area contributed by atoms with Gasteiger partial charge in [0.1, 0.15) is 0 Å². The minimum absolute atomic E-state index is 0.187. The molecule has 0 unspecified atom stereocenters. The minimum Gasteiger partial charge on any atom is -0.391 e. The van der Waals surface area contributed by atoms with Gasteiger partial charge in [-0.05, 0) is 32.7 Å². The number of likely N-dealkylation sites (N-methyl/N-ethyl adjacent to an activating group) is 1. The predicted octanol–water partition coefficient (Wildman–Crippen LogP) is 1.53. The minimum atomic E-state index is -0.187. The van der Waals surface area contributed by atoms with Crippen LogP contribution in [0.3, 0.4) is 0 Å². The predicted molar refractivity (Wildman–Crippen MR) is 64.3 cm³/mol. The summed E-state index contributed by atoms with van der Waals surface area (Å²) in [7, 11) is 2.08. The van der Waals surface area contributed by atoms with Gasteiger partial charge in [0.2, 0.25) is 0 Å². The summed E-state index contributed by atoms with van der Waals surface area (Å²) in [4.78, 5) is 2.26. The maximum atomic E-state index is 10.0. The lowest BCUT2D eigenvalue weighted by Crippen LogP contribution is -2.53. The summed E-state index contributed by atoms with van der Waals surface area (Å²) in [6.07, 6.45) is 8.39. The molecule has 0 radical (unpaired) electrons. The van der Waals surface area contributed by atoms with Crippen molar-refractivity contribution in [1.29, 1.82) is 0 Å². The first-order valence-corrected chi connectivity index (χ1v) is 6.78. The summed E-state index contributed by atoms with van der Waals surface area (Å²) >= 11 is 0. The molecule has 0 heterocycles. The smallest absolute Gasteiger partial charge is 0.0695 e. The maximum Gasteiger partial charge on any atom is 0.0695 e. The van der Waals surface area contributed by atoms with Crippen molar-refractivity contribution < 1.29 is 10.2 Å². The Hall–Kier alpha value is -0.120. The van der Waals surface area contributed by atoms with Crippen molar-refractivity contribution in [2.24, 2.45) is 0 Å². The molecule has 0 spiro atoms. The molecule has 3 heteroatoms. The van der Waals surface area contributed by atoms with Gasteiger partial charge in [-0.1, -0.05) is 25.7 Å². The lowest BCUT2D eigenvalue weighted by molar-refractivity contribution is -0.0371. The van der Waals surface area contributed by atoms with Gasteiger partial charge in [-0.3, -0.25) is 4.90 Å². The molecule has 16 heavy (non-hydrogen) atoms. The van der Waals surface area contributed by atoms with E-state index in [1.165, 1.54) is 12.8 Å². The van der Waals surface area contributed by atoms with Crippen molar-refractivity contribution in [1.82, 2.24) is 4.90 Å². The van der Waals surface area contributed by atoms with Crippen LogP contribution in [-0.4, -0.2) is 46.5 Å². The van der Waals surface area contributed by atoms with E-state index in [1.807, 2.05) is 0 Å². The normalized spacial score (nSPS) is 41.2. The monoisotopic (exact) mass is 227 g/mol. The molecule has 3 nitrogen and oxygen atoms in total. The Bertz CT molecular complexity index is 200. The van der Waals surface area contributed by atoms with E-state index < -0.39 is 0 Å². The second-order valence-electron chi connectivity index (χ2n) is 5.50. The molecular formula is C13H25NO2. The summed E-state index contributed by atoms with van der Waals surface area (Å²) < 4.78 is 0. The molecule has 0 saturated heterocycles. The van der Waals surface area contributed by atoms with E-state index in [2.05, 4.69) is 11.9 Å². The summed E-state index contributed by atoms with van der Waals surface area (Å²) in [5.74, 6) is 0.